The van der Waals surface area contributed by atoms with Crippen LogP contribution in [0.4, 0.5) is 5.69 Å². The normalized spacial score (nSPS) is 11.5. The van der Waals surface area contributed by atoms with Gasteiger partial charge in [0, 0.05) is 5.69 Å². The number of anilines is 1. The zero-order chi connectivity index (χ0) is 24.2. The number of benzene rings is 3. The van der Waals surface area contributed by atoms with Crippen LogP contribution in [-0.4, -0.2) is 14.3 Å². The van der Waals surface area contributed by atoms with Crippen LogP contribution in [0, 0.1) is 32.1 Å². The van der Waals surface area contributed by atoms with Gasteiger partial charge in [0.1, 0.15) is 16.5 Å². The minimum atomic E-state index is -4.06. The molecule has 0 aliphatic carbocycles. The molecule has 0 heterocycles. The van der Waals surface area contributed by atoms with E-state index in [1.54, 1.807) is 18.2 Å². The molecule has 1 amide bonds. The van der Waals surface area contributed by atoms with Crippen molar-refractivity contribution in [3.05, 3.63) is 93.5 Å². The van der Waals surface area contributed by atoms with Crippen LogP contribution in [0.1, 0.15) is 22.3 Å². The third kappa shape index (κ3) is 6.01. The van der Waals surface area contributed by atoms with Gasteiger partial charge < -0.3 is 9.50 Å². The number of nitrogens with zero attached hydrogens (tertiary/aromatic N) is 1. The molecular formula is C25H21ClN2O4S. The van der Waals surface area contributed by atoms with Crippen LogP contribution < -0.4 is 9.50 Å². The molecule has 3 aromatic rings. The van der Waals surface area contributed by atoms with Crippen LogP contribution in [-0.2, 0) is 14.9 Å². The molecule has 0 bridgehead atoms. The Balaban J connectivity index is 1.80. The van der Waals surface area contributed by atoms with Crippen LogP contribution in [0.5, 0.6) is 5.75 Å². The van der Waals surface area contributed by atoms with E-state index in [0.29, 0.717) is 11.3 Å². The van der Waals surface area contributed by atoms with Gasteiger partial charge in [-0.25, -0.2) is 0 Å². The Bertz CT molecular complexity index is 1390. The van der Waals surface area contributed by atoms with E-state index in [9.17, 15) is 18.5 Å². The maximum Gasteiger partial charge on any atom is 0.339 e. The lowest BCUT2D eigenvalue weighted by molar-refractivity contribution is -0.112. The van der Waals surface area contributed by atoms with Gasteiger partial charge in [-0.15, -0.1) is 0 Å². The van der Waals surface area contributed by atoms with Crippen molar-refractivity contribution in [3.63, 3.8) is 0 Å². The number of hydrogen-bond donors (Lipinski definition) is 1. The highest BCUT2D eigenvalue weighted by Crippen LogP contribution is 2.29. The molecule has 1 N–H and O–H groups in total. The Morgan fingerprint density at radius 1 is 1.00 bits per heavy atom. The molecule has 6 nitrogen and oxygen atoms in total. The first-order chi connectivity index (χ1) is 15.6. The fourth-order valence-electron chi connectivity index (χ4n) is 3.00. The molecule has 3 aromatic carbocycles. The van der Waals surface area contributed by atoms with Gasteiger partial charge in [0.05, 0.1) is 5.02 Å². The summed E-state index contributed by atoms with van der Waals surface area (Å²) in [6, 6.07) is 18.0. The van der Waals surface area contributed by atoms with Gasteiger partial charge in [-0.1, -0.05) is 53.1 Å². The van der Waals surface area contributed by atoms with Crippen molar-refractivity contribution in [3.8, 4) is 11.8 Å². The SMILES string of the molecule is Cc1ccc(S(=O)(=O)Oc2ccc(/C=C(\C#N)C(=O)Nc3ccc(C)cc3C)cc2Cl)cc1. The predicted octanol–water partition coefficient (Wildman–Crippen LogP) is 5.58. The van der Waals surface area contributed by atoms with Crippen molar-refractivity contribution < 1.29 is 17.4 Å². The van der Waals surface area contributed by atoms with Crippen LogP contribution in [0.3, 0.4) is 0 Å². The van der Waals surface area contributed by atoms with Gasteiger partial charge in [-0.05, 0) is 68.3 Å². The molecule has 168 valence electrons. The van der Waals surface area contributed by atoms with Gasteiger partial charge in [0.25, 0.3) is 5.91 Å². The molecule has 0 saturated carbocycles. The first-order valence-electron chi connectivity index (χ1n) is 9.90. The third-order valence-electron chi connectivity index (χ3n) is 4.77. The molecule has 33 heavy (non-hydrogen) atoms. The van der Waals surface area contributed by atoms with Gasteiger partial charge in [-0.3, -0.25) is 4.79 Å². The number of carbonyl (C=O) groups is 1. The number of amides is 1. The summed E-state index contributed by atoms with van der Waals surface area (Å²) < 4.78 is 30.2. The largest absolute Gasteiger partial charge is 0.377 e. The molecule has 3 rings (SSSR count). The van der Waals surface area contributed by atoms with E-state index in [2.05, 4.69) is 5.32 Å². The minimum Gasteiger partial charge on any atom is -0.377 e. The van der Waals surface area contributed by atoms with E-state index in [0.717, 1.165) is 16.7 Å². The Kier molecular flexibility index (Phi) is 7.22. The number of rotatable bonds is 6. The number of nitriles is 1. The van der Waals surface area contributed by atoms with E-state index < -0.39 is 16.0 Å². The number of halogens is 1. The number of hydrogen-bond acceptors (Lipinski definition) is 5. The molecular weight excluding hydrogens is 460 g/mol. The molecule has 0 aromatic heterocycles. The summed E-state index contributed by atoms with van der Waals surface area (Å²) in [7, 11) is -4.06. The van der Waals surface area contributed by atoms with Gasteiger partial charge >= 0.3 is 10.1 Å². The second-order valence-corrected chi connectivity index (χ2v) is 9.44. The van der Waals surface area contributed by atoms with Crippen molar-refractivity contribution in [2.45, 2.75) is 25.7 Å². The lowest BCUT2D eigenvalue weighted by Crippen LogP contribution is -2.14. The molecule has 0 aliphatic heterocycles. The summed E-state index contributed by atoms with van der Waals surface area (Å²) in [5.41, 5.74) is 3.76. The lowest BCUT2D eigenvalue weighted by Gasteiger charge is -2.10. The average molecular weight is 481 g/mol. The maximum atomic E-state index is 12.6. The number of nitrogens with one attached hydrogen (secondary N) is 1. The first-order valence-corrected chi connectivity index (χ1v) is 11.7. The van der Waals surface area contributed by atoms with E-state index in [4.69, 9.17) is 15.8 Å². The number of aryl methyl sites for hydroxylation is 3. The summed E-state index contributed by atoms with van der Waals surface area (Å²) >= 11 is 6.22. The van der Waals surface area contributed by atoms with Crippen molar-refractivity contribution >= 4 is 39.4 Å². The lowest BCUT2D eigenvalue weighted by atomic mass is 10.1. The van der Waals surface area contributed by atoms with Crippen molar-refractivity contribution in [1.29, 1.82) is 5.26 Å². The summed E-state index contributed by atoms with van der Waals surface area (Å²) in [5, 5.41) is 12.2. The summed E-state index contributed by atoms with van der Waals surface area (Å²) in [6.45, 7) is 5.65. The van der Waals surface area contributed by atoms with Crippen LogP contribution in [0.15, 0.2) is 71.1 Å². The predicted molar refractivity (Wildman–Crippen MR) is 129 cm³/mol. The zero-order valence-corrected chi connectivity index (χ0v) is 19.8. The number of carbonyl (C=O) groups excluding carboxylic acids is 1. The molecule has 0 saturated heterocycles. The Morgan fingerprint density at radius 2 is 1.67 bits per heavy atom. The van der Waals surface area contributed by atoms with Crippen molar-refractivity contribution in [2.75, 3.05) is 5.32 Å². The molecule has 0 fully saturated rings. The van der Waals surface area contributed by atoms with E-state index in [1.807, 2.05) is 39.0 Å². The Morgan fingerprint density at radius 3 is 2.27 bits per heavy atom. The highest BCUT2D eigenvalue weighted by molar-refractivity contribution is 7.87. The van der Waals surface area contributed by atoms with E-state index in [1.165, 1.54) is 36.4 Å². The highest BCUT2D eigenvalue weighted by atomic mass is 35.5. The quantitative estimate of drug-likeness (QED) is 0.282. The smallest absolute Gasteiger partial charge is 0.339 e. The summed E-state index contributed by atoms with van der Waals surface area (Å²) in [5.74, 6) is -0.629. The maximum absolute atomic E-state index is 12.6. The van der Waals surface area contributed by atoms with E-state index >= 15 is 0 Å². The summed E-state index contributed by atoms with van der Waals surface area (Å²) in [6.07, 6.45) is 1.36. The fraction of sp³-hybridized carbons (Fsp3) is 0.120. The fourth-order valence-corrected chi connectivity index (χ4v) is 4.23. The Labute approximate surface area is 198 Å². The second-order valence-electron chi connectivity index (χ2n) is 7.48. The van der Waals surface area contributed by atoms with Crippen LogP contribution in [0.2, 0.25) is 5.02 Å². The topological polar surface area (TPSA) is 96.3 Å². The van der Waals surface area contributed by atoms with Gasteiger partial charge in [0.15, 0.2) is 5.75 Å². The third-order valence-corrected chi connectivity index (χ3v) is 6.32. The first kappa shape index (κ1) is 24.1. The van der Waals surface area contributed by atoms with E-state index in [-0.39, 0.29) is 21.2 Å². The second kappa shape index (κ2) is 9.90. The van der Waals surface area contributed by atoms with Gasteiger partial charge in [-0.2, -0.15) is 13.7 Å². The standard InChI is InChI=1S/C25H21ClN2O4S/c1-16-4-8-21(9-5-16)33(30,31)32-24-11-7-19(14-22(24)26)13-20(15-27)25(29)28-23-10-6-17(2)12-18(23)3/h4-14H,1-3H3,(H,28,29)/b20-13+. The summed E-state index contributed by atoms with van der Waals surface area (Å²) in [4.78, 5) is 12.6. The minimum absolute atomic E-state index is 0.00276. The van der Waals surface area contributed by atoms with Crippen LogP contribution in [0.25, 0.3) is 6.08 Å². The molecule has 8 heteroatoms. The molecule has 0 spiro atoms. The molecule has 0 radical (unpaired) electrons. The van der Waals surface area contributed by atoms with Crippen LogP contribution >= 0.6 is 11.6 Å². The Hall–Kier alpha value is -3.60. The highest BCUT2D eigenvalue weighted by Gasteiger charge is 2.18. The molecule has 0 atom stereocenters. The molecule has 0 unspecified atom stereocenters. The van der Waals surface area contributed by atoms with Crippen molar-refractivity contribution in [2.24, 2.45) is 0 Å². The average Bonchev–Trinajstić information content (AvgIpc) is 2.76. The monoisotopic (exact) mass is 480 g/mol. The molecule has 0 aliphatic rings. The van der Waals surface area contributed by atoms with Gasteiger partial charge in [0.2, 0.25) is 0 Å². The zero-order valence-electron chi connectivity index (χ0n) is 18.2. The van der Waals surface area contributed by atoms with Crippen molar-refractivity contribution in [1.82, 2.24) is 0 Å².